The van der Waals surface area contributed by atoms with E-state index in [1.54, 1.807) is 37.4 Å². The molecule has 2 aromatic rings. The highest BCUT2D eigenvalue weighted by Crippen LogP contribution is 2.17. The summed E-state index contributed by atoms with van der Waals surface area (Å²) in [5.41, 5.74) is 7.64. The number of nitrogens with zero attached hydrogens (tertiary/aromatic N) is 3. The number of rotatable bonds is 4. The number of carbonyl (C=O) groups is 1. The molecule has 0 saturated carbocycles. The first-order valence-corrected chi connectivity index (χ1v) is 5.65. The molecule has 97 valence electrons. The smallest absolute Gasteiger partial charge is 0.230 e. The van der Waals surface area contributed by atoms with Crippen LogP contribution < -0.4 is 5.73 Å². The molecule has 0 atom stereocenters. The molecule has 0 spiro atoms. The highest BCUT2D eigenvalue weighted by Gasteiger charge is 2.14. The molecular formula is C13H13N4O2. The number of aromatic nitrogens is 3. The summed E-state index contributed by atoms with van der Waals surface area (Å²) in [4.78, 5) is 15.1. The molecule has 2 rings (SSSR count). The number of aliphatic hydroxyl groups is 1. The number of hydrogen-bond donors (Lipinski definition) is 2. The second-order valence-corrected chi connectivity index (χ2v) is 3.99. The van der Waals surface area contributed by atoms with Gasteiger partial charge in [0.05, 0.1) is 23.7 Å². The Kier molecular flexibility index (Phi) is 3.82. The fraction of sp³-hybridized carbons (Fsp3) is 0.154. The molecule has 0 aliphatic rings. The van der Waals surface area contributed by atoms with Gasteiger partial charge in [-0.05, 0) is 31.2 Å². The van der Waals surface area contributed by atoms with Crippen molar-refractivity contribution in [1.82, 2.24) is 15.2 Å². The fourth-order valence-electron chi connectivity index (χ4n) is 1.48. The van der Waals surface area contributed by atoms with Crippen molar-refractivity contribution in [3.8, 4) is 11.3 Å². The Hall–Kier alpha value is -2.34. The van der Waals surface area contributed by atoms with Crippen LogP contribution in [-0.2, 0) is 11.4 Å². The lowest BCUT2D eigenvalue weighted by molar-refractivity contribution is -0.115. The number of aliphatic hydroxyl groups excluding tert-OH is 1. The lowest BCUT2D eigenvalue weighted by atomic mass is 10.1. The highest BCUT2D eigenvalue weighted by molar-refractivity contribution is 5.91. The third-order valence-corrected chi connectivity index (χ3v) is 2.70. The predicted molar refractivity (Wildman–Crippen MR) is 68.4 cm³/mol. The molecule has 6 nitrogen and oxygen atoms in total. The van der Waals surface area contributed by atoms with Crippen molar-refractivity contribution in [3.63, 3.8) is 0 Å². The van der Waals surface area contributed by atoms with Gasteiger partial charge >= 0.3 is 0 Å². The van der Waals surface area contributed by atoms with E-state index in [-0.39, 0.29) is 6.61 Å². The second kappa shape index (κ2) is 5.53. The maximum atomic E-state index is 11.0. The average molecular weight is 257 g/mol. The summed E-state index contributed by atoms with van der Waals surface area (Å²) in [6.45, 7) is 1.50. The monoisotopic (exact) mass is 257 g/mol. The van der Waals surface area contributed by atoms with Crippen LogP contribution in [0.1, 0.15) is 18.3 Å². The Balaban J connectivity index is 2.24. The van der Waals surface area contributed by atoms with Gasteiger partial charge in [0.15, 0.2) is 0 Å². The minimum Gasteiger partial charge on any atom is -0.390 e. The van der Waals surface area contributed by atoms with Crippen LogP contribution >= 0.6 is 0 Å². The van der Waals surface area contributed by atoms with Gasteiger partial charge in [-0.3, -0.25) is 9.78 Å². The summed E-state index contributed by atoms with van der Waals surface area (Å²) in [5.74, 6) is -0.149. The van der Waals surface area contributed by atoms with Gasteiger partial charge in [0.1, 0.15) is 5.92 Å². The number of hydrogen-bond acceptors (Lipinski definition) is 5. The predicted octanol–water partition coefficient (Wildman–Crippen LogP) is 0.459. The van der Waals surface area contributed by atoms with E-state index >= 15 is 0 Å². The summed E-state index contributed by atoms with van der Waals surface area (Å²) in [6.07, 6.45) is 1.61. The van der Waals surface area contributed by atoms with Gasteiger partial charge in [0, 0.05) is 11.8 Å². The number of amides is 1. The maximum absolute atomic E-state index is 11.0. The molecule has 3 N–H and O–H groups in total. The molecule has 0 fully saturated rings. The van der Waals surface area contributed by atoms with Crippen LogP contribution in [0.2, 0.25) is 0 Å². The van der Waals surface area contributed by atoms with E-state index in [9.17, 15) is 4.79 Å². The zero-order valence-electron chi connectivity index (χ0n) is 10.4. The van der Waals surface area contributed by atoms with Gasteiger partial charge in [-0.1, -0.05) is 0 Å². The van der Waals surface area contributed by atoms with E-state index in [0.29, 0.717) is 23.0 Å². The van der Waals surface area contributed by atoms with Crippen LogP contribution in [0.15, 0.2) is 30.5 Å². The Morgan fingerprint density at radius 3 is 2.53 bits per heavy atom. The van der Waals surface area contributed by atoms with Crippen molar-refractivity contribution in [2.24, 2.45) is 5.73 Å². The molecule has 0 unspecified atom stereocenters. The molecular weight excluding hydrogens is 244 g/mol. The molecule has 0 aliphatic carbocycles. The van der Waals surface area contributed by atoms with Crippen molar-refractivity contribution in [2.45, 2.75) is 13.5 Å². The van der Waals surface area contributed by atoms with Crippen LogP contribution in [0.3, 0.4) is 0 Å². The summed E-state index contributed by atoms with van der Waals surface area (Å²) in [7, 11) is 0. The highest BCUT2D eigenvalue weighted by atomic mass is 16.3. The Morgan fingerprint density at radius 2 is 2.05 bits per heavy atom. The van der Waals surface area contributed by atoms with Crippen molar-refractivity contribution >= 4 is 5.91 Å². The average Bonchev–Trinajstić information content (AvgIpc) is 2.46. The van der Waals surface area contributed by atoms with E-state index in [4.69, 9.17) is 10.8 Å². The third kappa shape index (κ3) is 2.92. The van der Waals surface area contributed by atoms with Crippen LogP contribution in [-0.4, -0.2) is 26.2 Å². The van der Waals surface area contributed by atoms with Crippen LogP contribution in [0.25, 0.3) is 11.3 Å². The van der Waals surface area contributed by atoms with Crippen LogP contribution in [0, 0.1) is 5.92 Å². The lowest BCUT2D eigenvalue weighted by Gasteiger charge is -2.06. The number of carbonyl (C=O) groups excluding carboxylic acids is 1. The summed E-state index contributed by atoms with van der Waals surface area (Å²) < 4.78 is 0. The van der Waals surface area contributed by atoms with E-state index in [1.165, 1.54) is 0 Å². The molecule has 0 aromatic carbocycles. The molecule has 19 heavy (non-hydrogen) atoms. The third-order valence-electron chi connectivity index (χ3n) is 2.70. The SMILES string of the molecule is C[C](C(N)=O)c1ccc(-c2ccc(CO)nc2)nn1. The molecule has 2 aromatic heterocycles. The number of pyridine rings is 1. The number of nitrogens with two attached hydrogens (primary N) is 1. The normalized spacial score (nSPS) is 10.7. The van der Waals surface area contributed by atoms with Crippen LogP contribution in [0.4, 0.5) is 0 Å². The Labute approximate surface area is 110 Å². The van der Waals surface area contributed by atoms with Gasteiger partial charge in [0.25, 0.3) is 0 Å². The van der Waals surface area contributed by atoms with E-state index < -0.39 is 5.91 Å². The van der Waals surface area contributed by atoms with E-state index in [2.05, 4.69) is 15.2 Å². The fourth-order valence-corrected chi connectivity index (χ4v) is 1.48. The van der Waals surface area contributed by atoms with Gasteiger partial charge in [0.2, 0.25) is 5.91 Å². The quantitative estimate of drug-likeness (QED) is 0.828. The molecule has 1 amide bonds. The maximum Gasteiger partial charge on any atom is 0.230 e. The van der Waals surface area contributed by atoms with Gasteiger partial charge < -0.3 is 10.8 Å². The molecule has 2 heterocycles. The zero-order valence-corrected chi connectivity index (χ0v) is 10.4. The molecule has 6 heteroatoms. The topological polar surface area (TPSA) is 102 Å². The Bertz CT molecular complexity index is 566. The molecule has 1 radical (unpaired) electrons. The van der Waals surface area contributed by atoms with Gasteiger partial charge in [-0.2, -0.15) is 10.2 Å². The number of primary amides is 1. The van der Waals surface area contributed by atoms with Gasteiger partial charge in [-0.15, -0.1) is 0 Å². The first-order chi connectivity index (χ1) is 9.11. The van der Waals surface area contributed by atoms with E-state index in [0.717, 1.165) is 5.56 Å². The summed E-state index contributed by atoms with van der Waals surface area (Å²) >= 11 is 0. The minimum absolute atomic E-state index is 0.0995. The molecule has 0 aliphatic heterocycles. The van der Waals surface area contributed by atoms with Crippen molar-refractivity contribution < 1.29 is 9.90 Å². The van der Waals surface area contributed by atoms with Crippen molar-refractivity contribution in [3.05, 3.63) is 47.8 Å². The van der Waals surface area contributed by atoms with Crippen LogP contribution in [0.5, 0.6) is 0 Å². The lowest BCUT2D eigenvalue weighted by Crippen LogP contribution is -2.20. The van der Waals surface area contributed by atoms with Crippen molar-refractivity contribution in [2.75, 3.05) is 0 Å². The first kappa shape index (κ1) is 13.1. The first-order valence-electron chi connectivity index (χ1n) is 5.65. The molecule has 0 bridgehead atoms. The standard InChI is InChI=1S/C13H13N4O2/c1-8(13(14)19)11-4-5-12(17-16-11)9-2-3-10(7-18)15-6-9/h2-6,18H,7H2,1H3,(H2,14,19). The van der Waals surface area contributed by atoms with E-state index in [1.807, 2.05) is 0 Å². The zero-order chi connectivity index (χ0) is 13.8. The minimum atomic E-state index is -0.518. The summed E-state index contributed by atoms with van der Waals surface area (Å²) in [5, 5.41) is 16.9. The molecule has 0 saturated heterocycles. The Morgan fingerprint density at radius 1 is 1.26 bits per heavy atom. The largest absolute Gasteiger partial charge is 0.390 e. The second-order valence-electron chi connectivity index (χ2n) is 3.99. The van der Waals surface area contributed by atoms with Crippen molar-refractivity contribution in [1.29, 1.82) is 0 Å². The van der Waals surface area contributed by atoms with Gasteiger partial charge in [-0.25, -0.2) is 0 Å². The summed E-state index contributed by atoms with van der Waals surface area (Å²) in [6, 6.07) is 6.94.